The lowest BCUT2D eigenvalue weighted by molar-refractivity contribution is -0.914. The molecule has 2 aromatic rings. The van der Waals surface area contributed by atoms with Gasteiger partial charge in [0.05, 0.1) is 32.7 Å². The van der Waals surface area contributed by atoms with Crippen molar-refractivity contribution in [1.29, 1.82) is 0 Å². The summed E-state index contributed by atoms with van der Waals surface area (Å²) >= 11 is 1.90. The van der Waals surface area contributed by atoms with Crippen LogP contribution in [0.25, 0.3) is 0 Å². The minimum atomic E-state index is 0. The van der Waals surface area contributed by atoms with Gasteiger partial charge in [0.15, 0.2) is 11.5 Å². The topological polar surface area (TPSA) is 22.9 Å². The molecule has 0 saturated carbocycles. The molecule has 22 heavy (non-hydrogen) atoms. The number of nitrogens with one attached hydrogen (secondary N) is 1. The van der Waals surface area contributed by atoms with Crippen molar-refractivity contribution in [2.75, 3.05) is 27.8 Å². The van der Waals surface area contributed by atoms with Crippen molar-refractivity contribution in [2.24, 2.45) is 0 Å². The number of hydrogen-bond acceptors (Lipinski definition) is 3. The molecule has 3 nitrogen and oxygen atoms in total. The highest BCUT2D eigenvalue weighted by Crippen LogP contribution is 2.31. The zero-order valence-electron chi connectivity index (χ0n) is 13.2. The van der Waals surface area contributed by atoms with Gasteiger partial charge in [-0.05, 0) is 34.7 Å². The molecule has 120 valence electrons. The van der Waals surface area contributed by atoms with E-state index in [0.29, 0.717) is 6.04 Å². The fraction of sp³-hybridized carbons (Fsp3) is 0.412. The molecule has 1 aromatic carbocycles. The molecule has 3 rings (SSSR count). The van der Waals surface area contributed by atoms with E-state index < -0.39 is 0 Å². The van der Waals surface area contributed by atoms with Gasteiger partial charge in [0.2, 0.25) is 0 Å². The highest BCUT2D eigenvalue weighted by molar-refractivity contribution is 7.10. The van der Waals surface area contributed by atoms with Gasteiger partial charge in [-0.15, -0.1) is 11.3 Å². The molecule has 1 N–H and O–H groups in total. The maximum atomic E-state index is 5.42. The molecular weight excluding hydrogens is 318 g/mol. The van der Waals surface area contributed by atoms with E-state index >= 15 is 0 Å². The minimum Gasteiger partial charge on any atom is -1.00 e. The Labute approximate surface area is 142 Å². The SMILES string of the molecule is COc1ccc(CC2c3sccc3CC[NH+]2C)cc1OC.[Cl-]. The average Bonchev–Trinajstić information content (AvgIpc) is 2.98. The Balaban J connectivity index is 0.00000176. The lowest BCUT2D eigenvalue weighted by Gasteiger charge is -2.29. The first kappa shape index (κ1) is 17.1. The summed E-state index contributed by atoms with van der Waals surface area (Å²) in [7, 11) is 5.67. The van der Waals surface area contributed by atoms with E-state index in [4.69, 9.17) is 9.47 Å². The quantitative estimate of drug-likeness (QED) is 0.782. The van der Waals surface area contributed by atoms with Crippen molar-refractivity contribution in [3.63, 3.8) is 0 Å². The summed E-state index contributed by atoms with van der Waals surface area (Å²) in [6.45, 7) is 1.21. The van der Waals surface area contributed by atoms with Crippen LogP contribution in [0.3, 0.4) is 0 Å². The highest BCUT2D eigenvalue weighted by atomic mass is 35.5. The summed E-state index contributed by atoms with van der Waals surface area (Å²) in [4.78, 5) is 3.15. The summed E-state index contributed by atoms with van der Waals surface area (Å²) in [5, 5.41) is 2.23. The van der Waals surface area contributed by atoms with Gasteiger partial charge < -0.3 is 26.8 Å². The average molecular weight is 340 g/mol. The van der Waals surface area contributed by atoms with Crippen molar-refractivity contribution < 1.29 is 26.8 Å². The van der Waals surface area contributed by atoms with Crippen LogP contribution in [-0.2, 0) is 12.8 Å². The Morgan fingerprint density at radius 2 is 1.95 bits per heavy atom. The summed E-state index contributed by atoms with van der Waals surface area (Å²) in [5.74, 6) is 1.61. The van der Waals surface area contributed by atoms with Gasteiger partial charge in [0.25, 0.3) is 0 Å². The first-order chi connectivity index (χ1) is 10.2. The number of fused-ring (bicyclic) bond motifs is 1. The molecule has 0 bridgehead atoms. The number of halogens is 1. The van der Waals surface area contributed by atoms with E-state index in [1.807, 2.05) is 17.4 Å². The second kappa shape index (κ2) is 7.36. The Bertz CT molecular complexity index is 629. The molecule has 2 unspecified atom stereocenters. The molecule has 0 spiro atoms. The van der Waals surface area contributed by atoms with Gasteiger partial charge >= 0.3 is 0 Å². The van der Waals surface area contributed by atoms with E-state index in [1.54, 1.807) is 24.0 Å². The molecule has 0 saturated heterocycles. The zero-order chi connectivity index (χ0) is 14.8. The Hall–Kier alpha value is -1.23. The van der Waals surface area contributed by atoms with Crippen LogP contribution in [0.2, 0.25) is 0 Å². The van der Waals surface area contributed by atoms with Crippen LogP contribution < -0.4 is 26.8 Å². The Morgan fingerprint density at radius 3 is 2.68 bits per heavy atom. The molecule has 2 atom stereocenters. The van der Waals surface area contributed by atoms with Crippen LogP contribution >= 0.6 is 11.3 Å². The van der Waals surface area contributed by atoms with Crippen molar-refractivity contribution in [3.05, 3.63) is 45.6 Å². The predicted molar refractivity (Wildman–Crippen MR) is 85.8 cm³/mol. The Kier molecular flexibility index (Phi) is 5.73. The van der Waals surface area contributed by atoms with Gasteiger partial charge in [-0.2, -0.15) is 0 Å². The number of ether oxygens (including phenoxy) is 2. The molecule has 1 aromatic heterocycles. The van der Waals surface area contributed by atoms with Gasteiger partial charge in [0.1, 0.15) is 6.04 Å². The van der Waals surface area contributed by atoms with E-state index in [2.05, 4.69) is 30.6 Å². The van der Waals surface area contributed by atoms with Crippen LogP contribution in [0.15, 0.2) is 29.6 Å². The maximum Gasteiger partial charge on any atom is 0.160 e. The van der Waals surface area contributed by atoms with Gasteiger partial charge in [-0.1, -0.05) is 6.07 Å². The fourth-order valence-electron chi connectivity index (χ4n) is 3.10. The molecular formula is C17H22ClNO2S. The molecule has 0 fully saturated rings. The van der Waals surface area contributed by atoms with Crippen LogP contribution in [-0.4, -0.2) is 27.8 Å². The number of methoxy groups -OCH3 is 2. The summed E-state index contributed by atoms with van der Waals surface area (Å²) < 4.78 is 10.7. The normalized spacial score (nSPS) is 20.0. The first-order valence-electron chi connectivity index (χ1n) is 7.32. The maximum absolute atomic E-state index is 5.42. The third-order valence-corrected chi connectivity index (χ3v) is 5.44. The lowest BCUT2D eigenvalue weighted by atomic mass is 9.96. The standard InChI is InChI=1S/C17H21NO2S.ClH/c1-18-8-6-13-7-9-21-17(13)14(18)10-12-4-5-15(19-2)16(11-12)20-3;/h4-5,7,9,11,14H,6,8,10H2,1-3H3;1H. The number of hydrogen-bond donors (Lipinski definition) is 1. The summed E-state index contributed by atoms with van der Waals surface area (Å²) in [5.41, 5.74) is 2.84. The number of benzene rings is 1. The van der Waals surface area contributed by atoms with Gasteiger partial charge in [-0.25, -0.2) is 0 Å². The molecule has 5 heteroatoms. The fourth-order valence-corrected chi connectivity index (χ4v) is 4.25. The molecule has 2 heterocycles. The second-order valence-electron chi connectivity index (χ2n) is 5.60. The molecule has 1 aliphatic heterocycles. The first-order valence-corrected chi connectivity index (χ1v) is 8.20. The summed E-state index contributed by atoms with van der Waals surface area (Å²) in [6.07, 6.45) is 2.24. The number of thiophene rings is 1. The van der Waals surface area contributed by atoms with Crippen molar-refractivity contribution in [1.82, 2.24) is 0 Å². The van der Waals surface area contributed by atoms with Crippen LogP contribution in [0.1, 0.15) is 22.0 Å². The second-order valence-corrected chi connectivity index (χ2v) is 6.55. The smallest absolute Gasteiger partial charge is 0.160 e. The largest absolute Gasteiger partial charge is 1.00 e. The molecule has 0 amide bonds. The van der Waals surface area contributed by atoms with Crippen molar-refractivity contribution in [2.45, 2.75) is 18.9 Å². The monoisotopic (exact) mass is 339 g/mol. The van der Waals surface area contributed by atoms with E-state index in [1.165, 1.54) is 24.1 Å². The van der Waals surface area contributed by atoms with E-state index in [9.17, 15) is 0 Å². The summed E-state index contributed by atoms with van der Waals surface area (Å²) in [6, 6.07) is 9.09. The minimum absolute atomic E-state index is 0. The number of likely N-dealkylation sites (N-methyl/N-ethyl adjacent to an activating group) is 1. The zero-order valence-corrected chi connectivity index (χ0v) is 14.8. The molecule has 0 aliphatic carbocycles. The van der Waals surface area contributed by atoms with Gasteiger partial charge in [0, 0.05) is 12.8 Å². The van der Waals surface area contributed by atoms with E-state index in [-0.39, 0.29) is 12.4 Å². The van der Waals surface area contributed by atoms with Gasteiger partial charge in [-0.3, -0.25) is 0 Å². The number of rotatable bonds is 4. The molecule has 1 aliphatic rings. The van der Waals surface area contributed by atoms with E-state index in [0.717, 1.165) is 17.9 Å². The van der Waals surface area contributed by atoms with Crippen molar-refractivity contribution in [3.8, 4) is 11.5 Å². The lowest BCUT2D eigenvalue weighted by Crippen LogP contribution is -3.10. The van der Waals surface area contributed by atoms with Crippen LogP contribution in [0.4, 0.5) is 0 Å². The van der Waals surface area contributed by atoms with Crippen LogP contribution in [0, 0.1) is 0 Å². The highest BCUT2D eigenvalue weighted by Gasteiger charge is 2.29. The Morgan fingerprint density at radius 1 is 1.18 bits per heavy atom. The van der Waals surface area contributed by atoms with Crippen LogP contribution in [0.5, 0.6) is 11.5 Å². The van der Waals surface area contributed by atoms with Crippen molar-refractivity contribution >= 4 is 11.3 Å². The predicted octanol–water partition coefficient (Wildman–Crippen LogP) is -0.876. The third-order valence-electron chi connectivity index (χ3n) is 4.37. The third kappa shape index (κ3) is 3.24. The number of quaternary nitrogens is 1. The molecule has 0 radical (unpaired) electrons.